The van der Waals surface area contributed by atoms with Gasteiger partial charge in [-0.15, -0.1) is 11.3 Å². The number of rotatable bonds is 3. The number of ether oxygens (including phenoxy) is 1. The minimum absolute atomic E-state index is 0.144. The molecule has 5 nitrogen and oxygen atoms in total. The Labute approximate surface area is 128 Å². The molecular weight excluding hydrogens is 286 g/mol. The number of aromatic nitrogens is 2. The molecule has 6 heteroatoms. The molecule has 0 radical (unpaired) electrons. The van der Waals surface area contributed by atoms with Crippen LogP contribution in [0.25, 0.3) is 10.2 Å². The molecule has 0 amide bonds. The molecule has 0 bridgehead atoms. The molecule has 1 fully saturated rings. The third-order valence-electron chi connectivity index (χ3n) is 4.16. The summed E-state index contributed by atoms with van der Waals surface area (Å²) in [6, 6.07) is 2.17. The Morgan fingerprint density at radius 2 is 2.33 bits per heavy atom. The lowest BCUT2D eigenvalue weighted by Gasteiger charge is -2.22. The van der Waals surface area contributed by atoms with Gasteiger partial charge in [-0.2, -0.15) is 0 Å². The number of carbonyl (C=O) groups is 1. The van der Waals surface area contributed by atoms with Crippen LogP contribution in [0.1, 0.15) is 25.1 Å². The zero-order valence-electron chi connectivity index (χ0n) is 12.5. The Kier molecular flexibility index (Phi) is 3.57. The van der Waals surface area contributed by atoms with Crippen LogP contribution in [0, 0.1) is 5.41 Å². The highest BCUT2D eigenvalue weighted by Gasteiger charge is 2.42. The number of hydrogen-bond donors (Lipinski definition) is 0. The fourth-order valence-electron chi connectivity index (χ4n) is 2.87. The van der Waals surface area contributed by atoms with Crippen LogP contribution >= 0.6 is 11.3 Å². The third-order valence-corrected chi connectivity index (χ3v) is 5.35. The zero-order valence-corrected chi connectivity index (χ0v) is 13.4. The summed E-state index contributed by atoms with van der Waals surface area (Å²) in [6.45, 7) is 5.56. The van der Waals surface area contributed by atoms with E-state index < -0.39 is 5.41 Å². The number of esters is 1. The van der Waals surface area contributed by atoms with E-state index >= 15 is 0 Å². The van der Waals surface area contributed by atoms with Crippen molar-refractivity contribution >= 4 is 33.3 Å². The Morgan fingerprint density at radius 1 is 1.52 bits per heavy atom. The average molecular weight is 305 g/mol. The number of thiophene rings is 1. The lowest BCUT2D eigenvalue weighted by Crippen LogP contribution is -2.33. The van der Waals surface area contributed by atoms with Crippen LogP contribution in [0.4, 0.5) is 5.82 Å². The van der Waals surface area contributed by atoms with Gasteiger partial charge in [0.2, 0.25) is 0 Å². The second kappa shape index (κ2) is 5.26. The van der Waals surface area contributed by atoms with Gasteiger partial charge in [-0.25, -0.2) is 9.97 Å². The molecule has 0 saturated carbocycles. The van der Waals surface area contributed by atoms with Gasteiger partial charge < -0.3 is 9.64 Å². The molecule has 0 aliphatic carbocycles. The Bertz CT molecular complexity index is 685. The van der Waals surface area contributed by atoms with E-state index in [0.29, 0.717) is 6.54 Å². The van der Waals surface area contributed by atoms with Gasteiger partial charge in [0.15, 0.2) is 0 Å². The van der Waals surface area contributed by atoms with Crippen LogP contribution in [-0.4, -0.2) is 36.1 Å². The van der Waals surface area contributed by atoms with Gasteiger partial charge in [0, 0.05) is 18.0 Å². The van der Waals surface area contributed by atoms with Crippen molar-refractivity contribution in [2.24, 2.45) is 5.41 Å². The van der Waals surface area contributed by atoms with Crippen molar-refractivity contribution in [1.82, 2.24) is 9.97 Å². The largest absolute Gasteiger partial charge is 0.469 e. The summed E-state index contributed by atoms with van der Waals surface area (Å²) < 4.78 is 4.93. The second-order valence-electron chi connectivity index (χ2n) is 5.71. The summed E-state index contributed by atoms with van der Waals surface area (Å²) in [5, 5.41) is 1.09. The van der Waals surface area contributed by atoms with E-state index in [1.807, 2.05) is 6.92 Å². The van der Waals surface area contributed by atoms with Crippen molar-refractivity contribution in [3.05, 3.63) is 17.3 Å². The smallest absolute Gasteiger partial charge is 0.313 e. The van der Waals surface area contributed by atoms with Crippen molar-refractivity contribution in [3.63, 3.8) is 0 Å². The zero-order chi connectivity index (χ0) is 15.0. The molecule has 0 aromatic carbocycles. The van der Waals surface area contributed by atoms with Gasteiger partial charge in [0.25, 0.3) is 0 Å². The van der Waals surface area contributed by atoms with Crippen LogP contribution in [-0.2, 0) is 16.0 Å². The fraction of sp³-hybridized carbons (Fsp3) is 0.533. The van der Waals surface area contributed by atoms with Crippen LogP contribution < -0.4 is 4.90 Å². The van der Waals surface area contributed by atoms with Gasteiger partial charge >= 0.3 is 5.97 Å². The maximum atomic E-state index is 11.9. The Hall–Kier alpha value is -1.69. The molecule has 2 aromatic rings. The first kappa shape index (κ1) is 14.3. The summed E-state index contributed by atoms with van der Waals surface area (Å²) in [5.74, 6) is 0.790. The standard InChI is InChI=1S/C15H19N3O2S/c1-4-10-7-11-12(16-9-17-13(11)21-10)18-6-5-15(2,8-18)14(19)20-3/h7,9H,4-6,8H2,1-3H3. The lowest BCUT2D eigenvalue weighted by atomic mass is 9.90. The van der Waals surface area contributed by atoms with Gasteiger partial charge in [0.05, 0.1) is 17.9 Å². The number of aryl methyl sites for hydroxylation is 1. The minimum atomic E-state index is -0.449. The molecule has 21 heavy (non-hydrogen) atoms. The summed E-state index contributed by atoms with van der Waals surface area (Å²) in [6.07, 6.45) is 3.40. The Balaban J connectivity index is 1.95. The first-order valence-corrected chi connectivity index (χ1v) is 7.96. The van der Waals surface area contributed by atoms with E-state index in [4.69, 9.17) is 4.74 Å². The molecular formula is C15H19N3O2S. The summed E-state index contributed by atoms with van der Waals surface area (Å²) in [5.41, 5.74) is -0.449. The molecule has 3 rings (SSSR count). The molecule has 1 unspecified atom stereocenters. The van der Waals surface area contributed by atoms with Gasteiger partial charge in [0.1, 0.15) is 17.0 Å². The minimum Gasteiger partial charge on any atom is -0.469 e. The third kappa shape index (κ3) is 2.37. The van der Waals surface area contributed by atoms with E-state index in [0.717, 1.165) is 35.4 Å². The quantitative estimate of drug-likeness (QED) is 0.816. The summed E-state index contributed by atoms with van der Waals surface area (Å²) in [4.78, 5) is 25.3. The van der Waals surface area contributed by atoms with E-state index in [2.05, 4.69) is 27.9 Å². The predicted octanol–water partition coefficient (Wildman–Crippen LogP) is 2.64. The van der Waals surface area contributed by atoms with Crippen molar-refractivity contribution in [2.45, 2.75) is 26.7 Å². The molecule has 1 aliphatic rings. The highest BCUT2D eigenvalue weighted by Crippen LogP contribution is 2.37. The van der Waals surface area contributed by atoms with E-state index in [1.165, 1.54) is 12.0 Å². The van der Waals surface area contributed by atoms with Crippen LogP contribution in [0.2, 0.25) is 0 Å². The summed E-state index contributed by atoms with van der Waals surface area (Å²) >= 11 is 1.71. The molecule has 2 aromatic heterocycles. The SMILES string of the molecule is CCc1cc2c(N3CCC(C)(C(=O)OC)C3)ncnc2s1. The number of fused-ring (bicyclic) bond motifs is 1. The lowest BCUT2D eigenvalue weighted by molar-refractivity contribution is -0.150. The number of nitrogens with zero attached hydrogens (tertiary/aromatic N) is 3. The van der Waals surface area contributed by atoms with E-state index in [-0.39, 0.29) is 5.97 Å². The number of anilines is 1. The monoisotopic (exact) mass is 305 g/mol. The maximum absolute atomic E-state index is 11.9. The number of methoxy groups -OCH3 is 1. The molecule has 112 valence electrons. The van der Waals surface area contributed by atoms with Gasteiger partial charge in [-0.3, -0.25) is 4.79 Å². The predicted molar refractivity (Wildman–Crippen MR) is 83.7 cm³/mol. The van der Waals surface area contributed by atoms with Gasteiger partial charge in [-0.1, -0.05) is 6.92 Å². The average Bonchev–Trinajstić information content (AvgIpc) is 3.10. The molecule has 3 heterocycles. The topological polar surface area (TPSA) is 55.3 Å². The van der Waals surface area contributed by atoms with Crippen LogP contribution in [0.15, 0.2) is 12.4 Å². The Morgan fingerprint density at radius 3 is 3.05 bits per heavy atom. The molecule has 1 aliphatic heterocycles. The van der Waals surface area contributed by atoms with Crippen molar-refractivity contribution in [3.8, 4) is 0 Å². The van der Waals surface area contributed by atoms with Crippen molar-refractivity contribution in [2.75, 3.05) is 25.1 Å². The second-order valence-corrected chi connectivity index (χ2v) is 6.82. The molecule has 1 saturated heterocycles. The number of hydrogen-bond acceptors (Lipinski definition) is 6. The van der Waals surface area contributed by atoms with E-state index in [9.17, 15) is 4.79 Å². The van der Waals surface area contributed by atoms with E-state index in [1.54, 1.807) is 17.7 Å². The molecule has 1 atom stereocenters. The number of carbonyl (C=O) groups excluding carboxylic acids is 1. The van der Waals surface area contributed by atoms with Crippen molar-refractivity contribution < 1.29 is 9.53 Å². The summed E-state index contributed by atoms with van der Waals surface area (Å²) in [7, 11) is 1.45. The van der Waals surface area contributed by atoms with Gasteiger partial charge in [-0.05, 0) is 25.8 Å². The van der Waals surface area contributed by atoms with Crippen molar-refractivity contribution in [1.29, 1.82) is 0 Å². The highest BCUT2D eigenvalue weighted by atomic mass is 32.1. The molecule has 0 N–H and O–H groups in total. The van der Waals surface area contributed by atoms with Crippen LogP contribution in [0.3, 0.4) is 0 Å². The fourth-order valence-corrected chi connectivity index (χ4v) is 3.80. The normalized spacial score (nSPS) is 22.0. The highest BCUT2D eigenvalue weighted by molar-refractivity contribution is 7.18. The van der Waals surface area contributed by atoms with Crippen LogP contribution in [0.5, 0.6) is 0 Å². The first-order chi connectivity index (χ1) is 10.1. The molecule has 0 spiro atoms. The first-order valence-electron chi connectivity index (χ1n) is 7.14. The maximum Gasteiger partial charge on any atom is 0.313 e.